The summed E-state index contributed by atoms with van der Waals surface area (Å²) >= 11 is 0. The first kappa shape index (κ1) is 16.3. The highest BCUT2D eigenvalue weighted by Crippen LogP contribution is 2.37. The van der Waals surface area contributed by atoms with Gasteiger partial charge in [-0.05, 0) is 30.3 Å². The predicted octanol–water partition coefficient (Wildman–Crippen LogP) is 3.97. The molecule has 6 nitrogen and oxygen atoms in total. The van der Waals surface area contributed by atoms with Gasteiger partial charge in [0, 0.05) is 12.1 Å². The number of nitro groups is 1. The second-order valence-corrected chi connectivity index (χ2v) is 4.36. The van der Waals surface area contributed by atoms with Crippen molar-refractivity contribution in [2.24, 2.45) is 0 Å². The molecule has 2 rings (SSSR count). The molecule has 2 aromatic rings. The van der Waals surface area contributed by atoms with Gasteiger partial charge in [-0.15, -0.1) is 0 Å². The average Bonchev–Trinajstić information content (AvgIpc) is 2.92. The fourth-order valence-corrected chi connectivity index (χ4v) is 1.81. The third kappa shape index (κ3) is 3.76. The van der Waals surface area contributed by atoms with Crippen molar-refractivity contribution in [1.82, 2.24) is 0 Å². The van der Waals surface area contributed by atoms with Gasteiger partial charge in [0.1, 0.15) is 11.5 Å². The van der Waals surface area contributed by atoms with Gasteiger partial charge in [0.2, 0.25) is 0 Å². The summed E-state index contributed by atoms with van der Waals surface area (Å²) in [7, 11) is 0. The molecule has 0 unspecified atom stereocenters. The van der Waals surface area contributed by atoms with Gasteiger partial charge in [-0.25, -0.2) is 4.79 Å². The standard InChI is InChI=1S/C14H8F3NO5/c15-14(16,17)8-1-4-10(11(7-8)18(21)22)12-5-2-9(23-12)3-6-13(19)20/h1-7H,(H,19,20). The number of rotatable bonds is 4. The maximum Gasteiger partial charge on any atom is 0.416 e. The van der Waals surface area contributed by atoms with E-state index in [2.05, 4.69) is 0 Å². The first-order chi connectivity index (χ1) is 10.7. The molecule has 0 fully saturated rings. The summed E-state index contributed by atoms with van der Waals surface area (Å²) in [5.41, 5.74) is -2.05. The lowest BCUT2D eigenvalue weighted by Crippen LogP contribution is -2.06. The van der Waals surface area contributed by atoms with Crippen LogP contribution in [0.5, 0.6) is 0 Å². The summed E-state index contributed by atoms with van der Waals surface area (Å²) in [5.74, 6) is -1.17. The van der Waals surface area contributed by atoms with Crippen LogP contribution >= 0.6 is 0 Å². The number of halogens is 3. The minimum Gasteiger partial charge on any atom is -0.478 e. The molecule has 0 saturated heterocycles. The van der Waals surface area contributed by atoms with Crippen LogP contribution in [0.4, 0.5) is 18.9 Å². The third-order valence-corrected chi connectivity index (χ3v) is 2.80. The van der Waals surface area contributed by atoms with Crippen molar-refractivity contribution in [3.63, 3.8) is 0 Å². The summed E-state index contributed by atoms with van der Waals surface area (Å²) in [6.07, 6.45) is -2.80. The van der Waals surface area contributed by atoms with Crippen molar-refractivity contribution in [2.75, 3.05) is 0 Å². The first-order valence-corrected chi connectivity index (χ1v) is 6.05. The summed E-state index contributed by atoms with van der Waals surface area (Å²) in [6.45, 7) is 0. The minimum atomic E-state index is -4.71. The molecule has 9 heteroatoms. The van der Waals surface area contributed by atoms with Gasteiger partial charge in [0.15, 0.2) is 0 Å². The molecule has 0 spiro atoms. The van der Waals surface area contributed by atoms with E-state index >= 15 is 0 Å². The molecule has 23 heavy (non-hydrogen) atoms. The zero-order valence-corrected chi connectivity index (χ0v) is 11.2. The van der Waals surface area contributed by atoms with E-state index in [1.165, 1.54) is 12.1 Å². The van der Waals surface area contributed by atoms with Gasteiger partial charge in [0.25, 0.3) is 5.69 Å². The molecule has 1 N–H and O–H groups in total. The number of carboxylic acids is 1. The summed E-state index contributed by atoms with van der Waals surface area (Å²) < 4.78 is 43.1. The van der Waals surface area contributed by atoms with Crippen LogP contribution in [0, 0.1) is 10.1 Å². The van der Waals surface area contributed by atoms with Crippen LogP contribution in [-0.2, 0) is 11.0 Å². The Morgan fingerprint density at radius 1 is 1.26 bits per heavy atom. The van der Waals surface area contributed by atoms with Crippen molar-refractivity contribution in [3.05, 3.63) is 57.8 Å². The van der Waals surface area contributed by atoms with Gasteiger partial charge >= 0.3 is 12.1 Å². The maximum absolute atomic E-state index is 12.6. The van der Waals surface area contributed by atoms with Crippen LogP contribution in [0.15, 0.2) is 40.8 Å². The number of hydrogen-bond donors (Lipinski definition) is 1. The number of hydrogen-bond acceptors (Lipinski definition) is 4. The van der Waals surface area contributed by atoms with Crippen LogP contribution in [0.3, 0.4) is 0 Å². The number of alkyl halides is 3. The smallest absolute Gasteiger partial charge is 0.416 e. The Morgan fingerprint density at radius 3 is 2.52 bits per heavy atom. The van der Waals surface area contributed by atoms with Crippen molar-refractivity contribution in [1.29, 1.82) is 0 Å². The lowest BCUT2D eigenvalue weighted by molar-refractivity contribution is -0.384. The number of carboxylic acid groups (broad SMARTS) is 1. The van der Waals surface area contributed by atoms with E-state index in [4.69, 9.17) is 9.52 Å². The van der Waals surface area contributed by atoms with Crippen LogP contribution in [0.2, 0.25) is 0 Å². The van der Waals surface area contributed by atoms with Crippen LogP contribution in [-0.4, -0.2) is 16.0 Å². The molecule has 1 heterocycles. The number of nitrogens with zero attached hydrogens (tertiary/aromatic N) is 1. The number of aliphatic carboxylic acids is 1. The zero-order chi connectivity index (χ0) is 17.2. The van der Waals surface area contributed by atoms with E-state index in [1.807, 2.05) is 0 Å². The molecule has 1 aromatic heterocycles. The Labute approximate surface area is 126 Å². The van der Waals surface area contributed by atoms with E-state index < -0.39 is 28.3 Å². The largest absolute Gasteiger partial charge is 0.478 e. The maximum atomic E-state index is 12.6. The molecule has 1 aromatic carbocycles. The molecule has 120 valence electrons. The van der Waals surface area contributed by atoms with E-state index in [1.54, 1.807) is 0 Å². The van der Waals surface area contributed by atoms with Crippen molar-refractivity contribution in [3.8, 4) is 11.3 Å². The minimum absolute atomic E-state index is 0.0459. The van der Waals surface area contributed by atoms with Crippen LogP contribution in [0.1, 0.15) is 11.3 Å². The molecule has 0 aliphatic rings. The normalized spacial score (nSPS) is 11.8. The van der Waals surface area contributed by atoms with Crippen molar-refractivity contribution >= 4 is 17.7 Å². The molecule has 0 aliphatic heterocycles. The van der Waals surface area contributed by atoms with Gasteiger partial charge in [-0.2, -0.15) is 13.2 Å². The highest BCUT2D eigenvalue weighted by atomic mass is 19.4. The molecule has 0 bridgehead atoms. The fourth-order valence-electron chi connectivity index (χ4n) is 1.81. The van der Waals surface area contributed by atoms with Crippen molar-refractivity contribution < 1.29 is 32.4 Å². The molecule has 0 aliphatic carbocycles. The van der Waals surface area contributed by atoms with Gasteiger partial charge in [-0.1, -0.05) is 0 Å². The van der Waals surface area contributed by atoms with Gasteiger partial charge in [-0.3, -0.25) is 10.1 Å². The van der Waals surface area contributed by atoms with Crippen molar-refractivity contribution in [2.45, 2.75) is 6.18 Å². The van der Waals surface area contributed by atoms with E-state index in [9.17, 15) is 28.1 Å². The Balaban J connectivity index is 2.47. The van der Waals surface area contributed by atoms with E-state index in [0.717, 1.165) is 18.2 Å². The molecular formula is C14H8F3NO5. The topological polar surface area (TPSA) is 93.6 Å². The Hall–Kier alpha value is -3.10. The molecular weight excluding hydrogens is 319 g/mol. The molecule has 0 atom stereocenters. The third-order valence-electron chi connectivity index (χ3n) is 2.80. The monoisotopic (exact) mass is 327 g/mol. The van der Waals surface area contributed by atoms with E-state index in [-0.39, 0.29) is 17.1 Å². The highest BCUT2D eigenvalue weighted by Gasteiger charge is 2.33. The molecule has 0 radical (unpaired) electrons. The summed E-state index contributed by atoms with van der Waals surface area (Å²) in [5, 5.41) is 19.5. The fraction of sp³-hybridized carbons (Fsp3) is 0.0714. The van der Waals surface area contributed by atoms with Gasteiger partial charge < -0.3 is 9.52 Å². The predicted molar refractivity (Wildman–Crippen MR) is 72.5 cm³/mol. The van der Waals surface area contributed by atoms with Crippen LogP contribution < -0.4 is 0 Å². The van der Waals surface area contributed by atoms with E-state index in [0.29, 0.717) is 12.1 Å². The number of furan rings is 1. The number of benzene rings is 1. The van der Waals surface area contributed by atoms with Gasteiger partial charge in [0.05, 0.1) is 16.1 Å². The molecule has 0 amide bonds. The average molecular weight is 327 g/mol. The Kier molecular flexibility index (Phi) is 4.21. The summed E-state index contributed by atoms with van der Waals surface area (Å²) in [4.78, 5) is 20.5. The zero-order valence-electron chi connectivity index (χ0n) is 11.2. The Bertz CT molecular complexity index is 792. The lowest BCUT2D eigenvalue weighted by Gasteiger charge is -2.07. The summed E-state index contributed by atoms with van der Waals surface area (Å²) in [6, 6.07) is 4.71. The number of carbonyl (C=O) groups is 1. The quantitative estimate of drug-likeness (QED) is 0.521. The Morgan fingerprint density at radius 2 is 1.96 bits per heavy atom. The highest BCUT2D eigenvalue weighted by molar-refractivity contribution is 5.85. The first-order valence-electron chi connectivity index (χ1n) is 6.05. The molecule has 0 saturated carbocycles. The SMILES string of the molecule is O=C(O)C=Cc1ccc(-c2ccc(C(F)(F)F)cc2[N+](=O)[O-])o1. The lowest BCUT2D eigenvalue weighted by atomic mass is 10.1. The van der Waals surface area contributed by atoms with Crippen LogP contribution in [0.25, 0.3) is 17.4 Å². The second kappa shape index (κ2) is 5.95. The second-order valence-electron chi connectivity index (χ2n) is 4.36. The number of nitro benzene ring substituents is 1.